The summed E-state index contributed by atoms with van der Waals surface area (Å²) in [5.41, 5.74) is 8.16. The van der Waals surface area contributed by atoms with Gasteiger partial charge >= 0.3 is 0 Å². The lowest BCUT2D eigenvalue weighted by atomic mass is 10.0. The SMILES string of the molecule is Cc1ccc(/C(=C/C#N)C(N)=S)cc1. The molecule has 0 fully saturated rings. The summed E-state index contributed by atoms with van der Waals surface area (Å²) >= 11 is 4.86. The second-order valence-electron chi connectivity index (χ2n) is 2.92. The maximum Gasteiger partial charge on any atom is 0.105 e. The van der Waals surface area contributed by atoms with Crippen molar-refractivity contribution in [3.05, 3.63) is 41.5 Å². The zero-order chi connectivity index (χ0) is 10.6. The summed E-state index contributed by atoms with van der Waals surface area (Å²) < 4.78 is 0. The maximum atomic E-state index is 8.56. The molecule has 0 aliphatic carbocycles. The Labute approximate surface area is 88.7 Å². The fourth-order valence-electron chi connectivity index (χ4n) is 1.09. The lowest BCUT2D eigenvalue weighted by Gasteiger charge is -2.03. The van der Waals surface area contributed by atoms with Gasteiger partial charge in [0.2, 0.25) is 0 Å². The third-order valence-electron chi connectivity index (χ3n) is 1.84. The van der Waals surface area contributed by atoms with Gasteiger partial charge < -0.3 is 5.73 Å². The summed E-state index contributed by atoms with van der Waals surface area (Å²) in [6.45, 7) is 2.00. The van der Waals surface area contributed by atoms with E-state index in [4.69, 9.17) is 23.2 Å². The Hall–Kier alpha value is -1.66. The zero-order valence-electron chi connectivity index (χ0n) is 7.82. The fourth-order valence-corrected chi connectivity index (χ4v) is 1.27. The van der Waals surface area contributed by atoms with E-state index in [9.17, 15) is 0 Å². The van der Waals surface area contributed by atoms with Gasteiger partial charge in [-0.15, -0.1) is 0 Å². The molecule has 0 saturated carbocycles. The van der Waals surface area contributed by atoms with E-state index in [2.05, 4.69) is 0 Å². The highest BCUT2D eigenvalue weighted by Crippen LogP contribution is 2.15. The Bertz CT molecular complexity index is 410. The first-order valence-corrected chi connectivity index (χ1v) is 4.52. The molecule has 0 heterocycles. The number of aryl methyl sites for hydroxylation is 1. The van der Waals surface area contributed by atoms with Crippen LogP contribution in [0.3, 0.4) is 0 Å². The molecule has 2 N–H and O–H groups in total. The molecule has 0 aromatic heterocycles. The van der Waals surface area contributed by atoms with Gasteiger partial charge in [0, 0.05) is 11.6 Å². The van der Waals surface area contributed by atoms with Gasteiger partial charge in [-0.1, -0.05) is 42.0 Å². The van der Waals surface area contributed by atoms with E-state index >= 15 is 0 Å². The van der Waals surface area contributed by atoms with Gasteiger partial charge in [0.15, 0.2) is 0 Å². The zero-order valence-corrected chi connectivity index (χ0v) is 8.64. The van der Waals surface area contributed by atoms with E-state index in [1.165, 1.54) is 6.08 Å². The molecule has 0 saturated heterocycles. The van der Waals surface area contributed by atoms with E-state index in [-0.39, 0.29) is 4.99 Å². The lowest BCUT2D eigenvalue weighted by Crippen LogP contribution is -2.10. The smallest absolute Gasteiger partial charge is 0.105 e. The minimum atomic E-state index is 0.246. The van der Waals surface area contributed by atoms with Crippen LogP contribution in [-0.4, -0.2) is 4.99 Å². The van der Waals surface area contributed by atoms with E-state index in [0.29, 0.717) is 5.57 Å². The fraction of sp³-hybridized carbons (Fsp3) is 0.0909. The molecule has 70 valence electrons. The topological polar surface area (TPSA) is 49.8 Å². The Morgan fingerprint density at radius 2 is 2.00 bits per heavy atom. The van der Waals surface area contributed by atoms with Crippen molar-refractivity contribution in [2.24, 2.45) is 5.73 Å². The number of nitriles is 1. The highest BCUT2D eigenvalue weighted by molar-refractivity contribution is 7.81. The Morgan fingerprint density at radius 1 is 1.43 bits per heavy atom. The molecule has 0 amide bonds. The van der Waals surface area contributed by atoms with Gasteiger partial charge in [0.1, 0.15) is 4.99 Å². The standard InChI is InChI=1S/C11H10N2S/c1-8-2-4-9(5-3-8)10(6-7-12)11(13)14/h2-6H,1H3,(H2,13,14)/b10-6-. The molecule has 0 spiro atoms. The number of thiocarbonyl (C=S) groups is 1. The van der Waals surface area contributed by atoms with Crippen molar-refractivity contribution in [2.45, 2.75) is 6.92 Å². The number of rotatable bonds is 2. The average Bonchev–Trinajstić information content (AvgIpc) is 2.15. The van der Waals surface area contributed by atoms with E-state index in [1.807, 2.05) is 37.3 Å². The predicted molar refractivity (Wildman–Crippen MR) is 61.6 cm³/mol. The normalized spacial score (nSPS) is 10.7. The minimum absolute atomic E-state index is 0.246. The van der Waals surface area contributed by atoms with Crippen molar-refractivity contribution < 1.29 is 0 Å². The van der Waals surface area contributed by atoms with Crippen molar-refractivity contribution in [3.8, 4) is 6.07 Å². The number of benzene rings is 1. The number of hydrogen-bond donors (Lipinski definition) is 1. The second kappa shape index (κ2) is 4.54. The molecule has 0 bridgehead atoms. The average molecular weight is 202 g/mol. The number of hydrogen-bond acceptors (Lipinski definition) is 2. The van der Waals surface area contributed by atoms with Crippen molar-refractivity contribution in [2.75, 3.05) is 0 Å². The molecule has 0 radical (unpaired) electrons. The van der Waals surface area contributed by atoms with Gasteiger partial charge in [-0.2, -0.15) is 5.26 Å². The second-order valence-corrected chi connectivity index (χ2v) is 3.36. The number of allylic oxidation sites excluding steroid dienone is 1. The Morgan fingerprint density at radius 3 is 2.43 bits per heavy atom. The predicted octanol–water partition coefficient (Wildman–Crippen LogP) is 2.19. The molecule has 3 heteroatoms. The van der Waals surface area contributed by atoms with Crippen molar-refractivity contribution in [3.63, 3.8) is 0 Å². The summed E-state index contributed by atoms with van der Waals surface area (Å²) in [6, 6.07) is 9.65. The van der Waals surface area contributed by atoms with Gasteiger partial charge in [0.25, 0.3) is 0 Å². The maximum absolute atomic E-state index is 8.56. The van der Waals surface area contributed by atoms with Crippen molar-refractivity contribution in [1.82, 2.24) is 0 Å². The molecule has 14 heavy (non-hydrogen) atoms. The summed E-state index contributed by atoms with van der Waals surface area (Å²) in [7, 11) is 0. The third kappa shape index (κ3) is 2.41. The Balaban J connectivity index is 3.14. The first-order chi connectivity index (χ1) is 6.65. The van der Waals surface area contributed by atoms with Crippen molar-refractivity contribution in [1.29, 1.82) is 5.26 Å². The molecular formula is C11H10N2S. The summed E-state index contributed by atoms with van der Waals surface area (Å²) in [5.74, 6) is 0. The van der Waals surface area contributed by atoms with Crippen LogP contribution >= 0.6 is 12.2 Å². The van der Waals surface area contributed by atoms with Gasteiger partial charge in [-0.3, -0.25) is 0 Å². The summed E-state index contributed by atoms with van der Waals surface area (Å²) in [6.07, 6.45) is 1.37. The molecular weight excluding hydrogens is 192 g/mol. The van der Waals surface area contributed by atoms with E-state index in [0.717, 1.165) is 11.1 Å². The van der Waals surface area contributed by atoms with Crippen LogP contribution in [0.25, 0.3) is 5.57 Å². The van der Waals surface area contributed by atoms with Crippen LogP contribution in [0.15, 0.2) is 30.3 Å². The molecule has 1 aromatic carbocycles. The number of nitrogens with two attached hydrogens (primary N) is 1. The van der Waals surface area contributed by atoms with Gasteiger partial charge in [-0.05, 0) is 12.5 Å². The first kappa shape index (κ1) is 10.4. The van der Waals surface area contributed by atoms with Crippen LogP contribution in [-0.2, 0) is 0 Å². The molecule has 0 aliphatic rings. The summed E-state index contributed by atoms with van der Waals surface area (Å²) in [5, 5.41) is 8.56. The monoisotopic (exact) mass is 202 g/mol. The molecule has 1 aromatic rings. The van der Waals surface area contributed by atoms with Crippen LogP contribution in [0, 0.1) is 18.3 Å². The van der Waals surface area contributed by atoms with Gasteiger partial charge in [0.05, 0.1) is 6.07 Å². The highest BCUT2D eigenvalue weighted by atomic mass is 32.1. The molecule has 1 rings (SSSR count). The van der Waals surface area contributed by atoms with Crippen LogP contribution in [0.2, 0.25) is 0 Å². The molecule has 2 nitrogen and oxygen atoms in total. The van der Waals surface area contributed by atoms with Crippen LogP contribution < -0.4 is 5.73 Å². The molecule has 0 unspecified atom stereocenters. The summed E-state index contributed by atoms with van der Waals surface area (Å²) in [4.78, 5) is 0.246. The molecule has 0 aliphatic heterocycles. The van der Waals surface area contributed by atoms with Crippen LogP contribution in [0.5, 0.6) is 0 Å². The Kier molecular flexibility index (Phi) is 3.38. The van der Waals surface area contributed by atoms with Gasteiger partial charge in [-0.25, -0.2) is 0 Å². The molecule has 0 atom stereocenters. The van der Waals surface area contributed by atoms with E-state index < -0.39 is 0 Å². The van der Waals surface area contributed by atoms with E-state index in [1.54, 1.807) is 0 Å². The van der Waals surface area contributed by atoms with Crippen LogP contribution in [0.1, 0.15) is 11.1 Å². The highest BCUT2D eigenvalue weighted by Gasteiger charge is 2.03. The lowest BCUT2D eigenvalue weighted by molar-refractivity contribution is 1.46. The van der Waals surface area contributed by atoms with Crippen LogP contribution in [0.4, 0.5) is 0 Å². The third-order valence-corrected chi connectivity index (χ3v) is 2.06. The largest absolute Gasteiger partial charge is 0.389 e. The minimum Gasteiger partial charge on any atom is -0.389 e. The van der Waals surface area contributed by atoms with Crippen molar-refractivity contribution >= 4 is 22.8 Å². The first-order valence-electron chi connectivity index (χ1n) is 4.12. The number of nitrogens with zero attached hydrogens (tertiary/aromatic N) is 1. The quantitative estimate of drug-likeness (QED) is 0.454.